The lowest BCUT2D eigenvalue weighted by Crippen LogP contribution is -2.35. The molecule has 0 amide bonds. The van der Waals surface area contributed by atoms with Crippen molar-refractivity contribution < 1.29 is 5.11 Å². The summed E-state index contributed by atoms with van der Waals surface area (Å²) in [6.45, 7) is 2.17. The zero-order chi connectivity index (χ0) is 13.7. The lowest BCUT2D eigenvalue weighted by atomic mass is 9.90. The molecule has 0 bridgehead atoms. The van der Waals surface area contributed by atoms with Gasteiger partial charge in [0.2, 0.25) is 0 Å². The number of allylic oxidation sites excluding steroid dienone is 1. The Kier molecular flexibility index (Phi) is 5.99. The number of thioether (sulfide) groups is 1. The molecular weight excluding hydrogens is 254 g/mol. The average molecular weight is 281 g/mol. The van der Waals surface area contributed by atoms with E-state index in [9.17, 15) is 5.11 Å². The molecule has 4 atom stereocenters. The van der Waals surface area contributed by atoms with Gasteiger partial charge in [0.25, 0.3) is 0 Å². The average Bonchev–Trinajstić information content (AvgIpc) is 2.41. The second-order valence-corrected chi connectivity index (χ2v) is 7.07. The summed E-state index contributed by atoms with van der Waals surface area (Å²) in [5, 5.41) is 10.5. The first-order valence-electron chi connectivity index (χ1n) is 7.65. The van der Waals surface area contributed by atoms with Gasteiger partial charge in [-0.2, -0.15) is 11.8 Å². The van der Waals surface area contributed by atoms with Crippen LogP contribution in [0.1, 0.15) is 45.4 Å². The maximum absolute atomic E-state index is 9.92. The van der Waals surface area contributed by atoms with Crippen LogP contribution in [0.5, 0.6) is 0 Å². The van der Waals surface area contributed by atoms with E-state index in [4.69, 9.17) is 5.73 Å². The van der Waals surface area contributed by atoms with Gasteiger partial charge in [-0.25, -0.2) is 0 Å². The monoisotopic (exact) mass is 281 g/mol. The van der Waals surface area contributed by atoms with Crippen LogP contribution in [-0.2, 0) is 0 Å². The van der Waals surface area contributed by atoms with Gasteiger partial charge < -0.3 is 10.8 Å². The van der Waals surface area contributed by atoms with Crippen LogP contribution in [0.4, 0.5) is 0 Å². The number of aliphatic hydroxyl groups excluding tert-OH is 1. The van der Waals surface area contributed by atoms with Crippen molar-refractivity contribution in [1.29, 1.82) is 0 Å². The molecule has 0 aromatic rings. The van der Waals surface area contributed by atoms with Crippen molar-refractivity contribution in [3.63, 3.8) is 0 Å². The SMILES string of the molecule is CCCC1C=C(CSC2CCCCC2N)C=CC1O. The second-order valence-electron chi connectivity index (χ2n) is 5.84. The van der Waals surface area contributed by atoms with Gasteiger partial charge in [0.05, 0.1) is 6.10 Å². The first-order chi connectivity index (χ1) is 9.20. The summed E-state index contributed by atoms with van der Waals surface area (Å²) < 4.78 is 0. The number of aliphatic hydroxyl groups is 1. The van der Waals surface area contributed by atoms with E-state index in [1.165, 1.54) is 31.3 Å². The Morgan fingerprint density at radius 2 is 2.16 bits per heavy atom. The Morgan fingerprint density at radius 3 is 2.89 bits per heavy atom. The molecule has 108 valence electrons. The summed E-state index contributed by atoms with van der Waals surface area (Å²) >= 11 is 2.01. The summed E-state index contributed by atoms with van der Waals surface area (Å²) in [6.07, 6.45) is 13.3. The number of hydrogen-bond acceptors (Lipinski definition) is 3. The van der Waals surface area contributed by atoms with Gasteiger partial charge in [-0.1, -0.05) is 44.4 Å². The van der Waals surface area contributed by atoms with E-state index in [1.54, 1.807) is 0 Å². The van der Waals surface area contributed by atoms with Crippen LogP contribution in [0.25, 0.3) is 0 Å². The highest BCUT2D eigenvalue weighted by molar-refractivity contribution is 8.00. The molecule has 2 rings (SSSR count). The van der Waals surface area contributed by atoms with Crippen molar-refractivity contribution in [3.8, 4) is 0 Å². The van der Waals surface area contributed by atoms with Gasteiger partial charge in [0, 0.05) is 23.0 Å². The van der Waals surface area contributed by atoms with E-state index < -0.39 is 0 Å². The van der Waals surface area contributed by atoms with Gasteiger partial charge in [0.15, 0.2) is 0 Å². The van der Waals surface area contributed by atoms with Crippen LogP contribution < -0.4 is 5.73 Å². The third-order valence-corrected chi connectivity index (χ3v) is 5.73. The molecule has 1 fully saturated rings. The molecule has 0 saturated heterocycles. The Hall–Kier alpha value is -0.250. The van der Waals surface area contributed by atoms with Crippen molar-refractivity contribution >= 4 is 11.8 Å². The molecule has 0 aromatic carbocycles. The number of hydrogen-bond donors (Lipinski definition) is 2. The van der Waals surface area contributed by atoms with Crippen LogP contribution in [0.2, 0.25) is 0 Å². The van der Waals surface area contributed by atoms with Crippen LogP contribution in [0.15, 0.2) is 23.8 Å². The van der Waals surface area contributed by atoms with Crippen molar-refractivity contribution in [2.45, 2.75) is 62.8 Å². The molecule has 4 unspecified atom stereocenters. The Labute approximate surface area is 121 Å². The predicted molar refractivity (Wildman–Crippen MR) is 84.3 cm³/mol. The normalized spacial score (nSPS) is 35.2. The fraction of sp³-hybridized carbons (Fsp3) is 0.750. The molecule has 0 radical (unpaired) electrons. The van der Waals surface area contributed by atoms with Gasteiger partial charge in [-0.05, 0) is 24.8 Å². The van der Waals surface area contributed by atoms with E-state index in [0.29, 0.717) is 17.2 Å². The summed E-state index contributed by atoms with van der Waals surface area (Å²) in [5.41, 5.74) is 7.56. The van der Waals surface area contributed by atoms with E-state index >= 15 is 0 Å². The van der Waals surface area contributed by atoms with Crippen molar-refractivity contribution in [1.82, 2.24) is 0 Å². The first-order valence-corrected chi connectivity index (χ1v) is 8.69. The third-order valence-electron chi connectivity index (χ3n) is 4.21. The number of rotatable bonds is 5. The smallest absolute Gasteiger partial charge is 0.0786 e. The summed E-state index contributed by atoms with van der Waals surface area (Å²) in [7, 11) is 0. The van der Waals surface area contributed by atoms with E-state index in [2.05, 4.69) is 19.1 Å². The van der Waals surface area contributed by atoms with E-state index in [1.807, 2.05) is 17.8 Å². The van der Waals surface area contributed by atoms with E-state index in [0.717, 1.165) is 18.6 Å². The predicted octanol–water partition coefficient (Wildman–Crippen LogP) is 3.26. The first kappa shape index (κ1) is 15.1. The van der Waals surface area contributed by atoms with Gasteiger partial charge >= 0.3 is 0 Å². The third kappa shape index (κ3) is 4.37. The Balaban J connectivity index is 1.84. The summed E-state index contributed by atoms with van der Waals surface area (Å²) in [4.78, 5) is 0. The Bertz CT molecular complexity index is 340. The molecule has 0 aromatic heterocycles. The fourth-order valence-corrected chi connectivity index (χ4v) is 4.33. The summed E-state index contributed by atoms with van der Waals surface area (Å²) in [6, 6.07) is 0.379. The minimum atomic E-state index is -0.286. The molecule has 19 heavy (non-hydrogen) atoms. The highest BCUT2D eigenvalue weighted by atomic mass is 32.2. The van der Waals surface area contributed by atoms with E-state index in [-0.39, 0.29) is 6.10 Å². The molecule has 3 heteroatoms. The molecule has 2 nitrogen and oxygen atoms in total. The molecule has 2 aliphatic carbocycles. The van der Waals surface area contributed by atoms with Gasteiger partial charge in [-0.3, -0.25) is 0 Å². The fourth-order valence-electron chi connectivity index (χ4n) is 3.01. The maximum Gasteiger partial charge on any atom is 0.0786 e. The molecule has 3 N–H and O–H groups in total. The van der Waals surface area contributed by atoms with Crippen molar-refractivity contribution in [2.24, 2.45) is 11.7 Å². The minimum Gasteiger partial charge on any atom is -0.388 e. The highest BCUT2D eigenvalue weighted by Crippen LogP contribution is 2.31. The minimum absolute atomic E-state index is 0.286. The highest BCUT2D eigenvalue weighted by Gasteiger charge is 2.23. The zero-order valence-electron chi connectivity index (χ0n) is 11.9. The zero-order valence-corrected chi connectivity index (χ0v) is 12.7. The quantitative estimate of drug-likeness (QED) is 0.813. The van der Waals surface area contributed by atoms with Crippen molar-refractivity contribution in [2.75, 3.05) is 5.75 Å². The molecule has 1 saturated carbocycles. The van der Waals surface area contributed by atoms with Gasteiger partial charge in [-0.15, -0.1) is 0 Å². The van der Waals surface area contributed by atoms with Gasteiger partial charge in [0.1, 0.15) is 0 Å². The second kappa shape index (κ2) is 7.51. The largest absolute Gasteiger partial charge is 0.388 e. The van der Waals surface area contributed by atoms with Crippen LogP contribution in [0, 0.1) is 5.92 Å². The topological polar surface area (TPSA) is 46.2 Å². The van der Waals surface area contributed by atoms with Crippen LogP contribution in [-0.4, -0.2) is 28.3 Å². The lowest BCUT2D eigenvalue weighted by molar-refractivity contribution is 0.168. The van der Waals surface area contributed by atoms with Crippen LogP contribution in [0.3, 0.4) is 0 Å². The maximum atomic E-state index is 9.92. The molecule has 0 aliphatic heterocycles. The van der Waals surface area contributed by atoms with Crippen LogP contribution >= 0.6 is 11.8 Å². The molecular formula is C16H27NOS. The Morgan fingerprint density at radius 1 is 1.37 bits per heavy atom. The summed E-state index contributed by atoms with van der Waals surface area (Å²) in [5.74, 6) is 1.35. The standard InChI is InChI=1S/C16H27NOS/c1-2-5-13-10-12(8-9-15(13)18)11-19-16-7-4-3-6-14(16)17/h8-10,13-16,18H,2-7,11,17H2,1H3. The molecule has 0 spiro atoms. The molecule has 2 aliphatic rings. The van der Waals surface area contributed by atoms with Crippen molar-refractivity contribution in [3.05, 3.63) is 23.8 Å². The number of nitrogens with two attached hydrogens (primary N) is 1. The molecule has 0 heterocycles. The lowest BCUT2D eigenvalue weighted by Gasteiger charge is -2.29.